The fourth-order valence-corrected chi connectivity index (χ4v) is 1.49. The smallest absolute Gasteiger partial charge is 0.308 e. The lowest BCUT2D eigenvalue weighted by atomic mass is 10.1. The van der Waals surface area contributed by atoms with Crippen LogP contribution in [0, 0.1) is 5.82 Å². The first-order valence-corrected chi connectivity index (χ1v) is 5.74. The molecule has 0 bridgehead atoms. The van der Waals surface area contributed by atoms with Crippen molar-refractivity contribution in [2.75, 3.05) is 20.8 Å². The first kappa shape index (κ1) is 14.4. The molecule has 0 heterocycles. The first-order chi connectivity index (χ1) is 8.58. The Morgan fingerprint density at radius 2 is 2.22 bits per heavy atom. The number of halogens is 1. The van der Waals surface area contributed by atoms with E-state index in [2.05, 4.69) is 10.1 Å². The molecule has 1 unspecified atom stereocenters. The van der Waals surface area contributed by atoms with Gasteiger partial charge in [-0.05, 0) is 32.2 Å². The first-order valence-electron chi connectivity index (χ1n) is 5.74. The maximum atomic E-state index is 13.2. The van der Waals surface area contributed by atoms with Crippen LogP contribution in [-0.4, -0.2) is 26.7 Å². The molecular weight excluding hydrogens is 237 g/mol. The molecule has 1 aromatic carbocycles. The number of benzene rings is 1. The standard InChI is InChI=1S/C13H18FNO3/c1-9(15-2)11-8-10(14)4-5-12(11)18-7-6-13(16)17-3/h4-5,8-9,15H,6-7H2,1-3H3. The largest absolute Gasteiger partial charge is 0.493 e. The number of hydrogen-bond acceptors (Lipinski definition) is 4. The van der Waals surface area contributed by atoms with Gasteiger partial charge in [0.1, 0.15) is 11.6 Å². The van der Waals surface area contributed by atoms with Crippen molar-refractivity contribution in [2.45, 2.75) is 19.4 Å². The highest BCUT2D eigenvalue weighted by molar-refractivity contribution is 5.69. The summed E-state index contributed by atoms with van der Waals surface area (Å²) in [6.45, 7) is 2.11. The summed E-state index contributed by atoms with van der Waals surface area (Å²) in [4.78, 5) is 11.0. The van der Waals surface area contributed by atoms with Crippen LogP contribution in [0.2, 0.25) is 0 Å². The van der Waals surface area contributed by atoms with Gasteiger partial charge in [-0.15, -0.1) is 0 Å². The van der Waals surface area contributed by atoms with Crippen LogP contribution in [-0.2, 0) is 9.53 Å². The molecule has 0 aliphatic heterocycles. The lowest BCUT2D eigenvalue weighted by molar-refractivity contribution is -0.141. The highest BCUT2D eigenvalue weighted by Crippen LogP contribution is 2.26. The quantitative estimate of drug-likeness (QED) is 0.790. The minimum absolute atomic E-state index is 0.0335. The second kappa shape index (κ2) is 6.96. The van der Waals surface area contributed by atoms with E-state index in [0.717, 1.165) is 5.56 Å². The summed E-state index contributed by atoms with van der Waals surface area (Å²) in [5.74, 6) is -0.0742. The zero-order valence-electron chi connectivity index (χ0n) is 10.8. The molecule has 0 amide bonds. The number of ether oxygens (including phenoxy) is 2. The lowest BCUT2D eigenvalue weighted by Gasteiger charge is -2.16. The van der Waals surface area contributed by atoms with Gasteiger partial charge in [-0.3, -0.25) is 4.79 Å². The third-order valence-electron chi connectivity index (χ3n) is 2.66. The number of esters is 1. The summed E-state index contributed by atoms with van der Waals surface area (Å²) in [5, 5.41) is 3.02. The van der Waals surface area contributed by atoms with Crippen LogP contribution < -0.4 is 10.1 Å². The van der Waals surface area contributed by atoms with Gasteiger partial charge in [0.2, 0.25) is 0 Å². The van der Waals surface area contributed by atoms with Crippen molar-refractivity contribution in [2.24, 2.45) is 0 Å². The fraction of sp³-hybridized carbons (Fsp3) is 0.462. The summed E-state index contributed by atoms with van der Waals surface area (Å²) < 4.78 is 23.2. The highest BCUT2D eigenvalue weighted by atomic mass is 19.1. The van der Waals surface area contributed by atoms with Gasteiger partial charge in [-0.2, -0.15) is 0 Å². The van der Waals surface area contributed by atoms with Gasteiger partial charge in [0.25, 0.3) is 0 Å². The minimum atomic E-state index is -0.333. The lowest BCUT2D eigenvalue weighted by Crippen LogP contribution is -2.15. The van der Waals surface area contributed by atoms with E-state index < -0.39 is 0 Å². The number of carbonyl (C=O) groups is 1. The second-order valence-electron chi connectivity index (χ2n) is 3.87. The van der Waals surface area contributed by atoms with E-state index in [1.54, 1.807) is 13.1 Å². The third-order valence-corrected chi connectivity index (χ3v) is 2.66. The minimum Gasteiger partial charge on any atom is -0.493 e. The summed E-state index contributed by atoms with van der Waals surface area (Å²) in [7, 11) is 3.11. The van der Waals surface area contributed by atoms with Crippen LogP contribution in [0.4, 0.5) is 4.39 Å². The van der Waals surface area contributed by atoms with E-state index in [0.29, 0.717) is 5.75 Å². The molecular formula is C13H18FNO3. The van der Waals surface area contributed by atoms with Crippen molar-refractivity contribution in [3.8, 4) is 5.75 Å². The zero-order chi connectivity index (χ0) is 13.5. The molecule has 0 aliphatic carbocycles. The maximum absolute atomic E-state index is 13.2. The molecule has 100 valence electrons. The van der Waals surface area contributed by atoms with Crippen molar-refractivity contribution in [1.29, 1.82) is 0 Å². The van der Waals surface area contributed by atoms with E-state index >= 15 is 0 Å². The summed E-state index contributed by atoms with van der Waals surface area (Å²) >= 11 is 0. The molecule has 0 radical (unpaired) electrons. The summed E-state index contributed by atoms with van der Waals surface area (Å²) in [6, 6.07) is 4.29. The number of hydrogen-bond donors (Lipinski definition) is 1. The number of methoxy groups -OCH3 is 1. The SMILES string of the molecule is CNC(C)c1cc(F)ccc1OCCC(=O)OC. The Bertz CT molecular complexity index is 409. The number of nitrogens with one attached hydrogen (secondary N) is 1. The molecule has 0 aliphatic rings. The Kier molecular flexibility index (Phi) is 5.58. The topological polar surface area (TPSA) is 47.6 Å². The Morgan fingerprint density at radius 3 is 2.83 bits per heavy atom. The Labute approximate surface area is 106 Å². The monoisotopic (exact) mass is 255 g/mol. The normalized spacial score (nSPS) is 12.0. The van der Waals surface area contributed by atoms with Crippen LogP contribution in [0.25, 0.3) is 0 Å². The molecule has 4 nitrogen and oxygen atoms in total. The van der Waals surface area contributed by atoms with Crippen molar-refractivity contribution in [3.05, 3.63) is 29.6 Å². The number of rotatable bonds is 6. The van der Waals surface area contributed by atoms with Gasteiger partial charge in [0.15, 0.2) is 0 Å². The van der Waals surface area contributed by atoms with Crippen molar-refractivity contribution in [3.63, 3.8) is 0 Å². The Balaban J connectivity index is 2.72. The molecule has 0 aromatic heterocycles. The second-order valence-corrected chi connectivity index (χ2v) is 3.87. The molecule has 0 fully saturated rings. The molecule has 5 heteroatoms. The van der Waals surface area contributed by atoms with E-state index in [9.17, 15) is 9.18 Å². The van der Waals surface area contributed by atoms with E-state index in [4.69, 9.17) is 4.74 Å². The van der Waals surface area contributed by atoms with Gasteiger partial charge in [-0.25, -0.2) is 4.39 Å². The molecule has 0 saturated carbocycles. The van der Waals surface area contributed by atoms with Crippen molar-refractivity contribution in [1.82, 2.24) is 5.32 Å². The van der Waals surface area contributed by atoms with Crippen LogP contribution in [0.1, 0.15) is 24.9 Å². The van der Waals surface area contributed by atoms with Gasteiger partial charge in [0.05, 0.1) is 20.1 Å². The van der Waals surface area contributed by atoms with Crippen LogP contribution in [0.3, 0.4) is 0 Å². The van der Waals surface area contributed by atoms with E-state index in [1.807, 2.05) is 6.92 Å². The van der Waals surface area contributed by atoms with Crippen LogP contribution in [0.15, 0.2) is 18.2 Å². The fourth-order valence-electron chi connectivity index (χ4n) is 1.49. The van der Waals surface area contributed by atoms with Crippen molar-refractivity contribution >= 4 is 5.97 Å². The molecule has 1 N–H and O–H groups in total. The average Bonchev–Trinajstić information content (AvgIpc) is 2.39. The van der Waals surface area contributed by atoms with Gasteiger partial charge < -0.3 is 14.8 Å². The van der Waals surface area contributed by atoms with Gasteiger partial charge >= 0.3 is 5.97 Å². The average molecular weight is 255 g/mol. The molecule has 0 saturated heterocycles. The predicted octanol–water partition coefficient (Wildman–Crippen LogP) is 2.05. The van der Waals surface area contributed by atoms with E-state index in [1.165, 1.54) is 19.2 Å². The maximum Gasteiger partial charge on any atom is 0.308 e. The zero-order valence-corrected chi connectivity index (χ0v) is 10.8. The molecule has 1 atom stereocenters. The highest BCUT2D eigenvalue weighted by Gasteiger charge is 2.12. The Hall–Kier alpha value is -1.62. The summed E-state index contributed by atoms with van der Waals surface area (Å²) in [6.07, 6.45) is 0.168. The molecule has 0 spiro atoms. The molecule has 1 rings (SSSR count). The van der Waals surface area contributed by atoms with Gasteiger partial charge in [0, 0.05) is 11.6 Å². The number of carbonyl (C=O) groups excluding carboxylic acids is 1. The van der Waals surface area contributed by atoms with E-state index in [-0.39, 0.29) is 30.9 Å². The molecule has 1 aromatic rings. The van der Waals surface area contributed by atoms with Crippen molar-refractivity contribution < 1.29 is 18.7 Å². The van der Waals surface area contributed by atoms with Gasteiger partial charge in [-0.1, -0.05) is 0 Å². The third kappa shape index (κ3) is 4.00. The predicted molar refractivity (Wildman–Crippen MR) is 66.0 cm³/mol. The Morgan fingerprint density at radius 1 is 1.50 bits per heavy atom. The molecule has 18 heavy (non-hydrogen) atoms. The summed E-state index contributed by atoms with van der Waals surface area (Å²) in [5.41, 5.74) is 0.724. The van der Waals surface area contributed by atoms with Crippen LogP contribution in [0.5, 0.6) is 5.75 Å². The van der Waals surface area contributed by atoms with Crippen LogP contribution >= 0.6 is 0 Å².